The van der Waals surface area contributed by atoms with Crippen LogP contribution in [0.15, 0.2) is 36.4 Å². The van der Waals surface area contributed by atoms with Crippen LogP contribution in [-0.4, -0.2) is 46.1 Å². The lowest BCUT2D eigenvalue weighted by molar-refractivity contribution is -0.396. The minimum absolute atomic E-state index is 0.00692. The van der Waals surface area contributed by atoms with Gasteiger partial charge in [0.05, 0.1) is 74.8 Å². The van der Waals surface area contributed by atoms with Crippen LogP contribution in [0.1, 0.15) is 23.7 Å². The summed E-state index contributed by atoms with van der Waals surface area (Å²) >= 11 is 0. The second-order valence-corrected chi connectivity index (χ2v) is 7.92. The lowest BCUT2D eigenvalue weighted by Crippen LogP contribution is -2.49. The van der Waals surface area contributed by atoms with Crippen LogP contribution in [0.3, 0.4) is 0 Å². The van der Waals surface area contributed by atoms with Crippen molar-refractivity contribution in [2.75, 3.05) is 26.4 Å². The van der Waals surface area contributed by atoms with Crippen molar-refractivity contribution in [1.29, 1.82) is 0 Å². The molecule has 184 valence electrons. The highest BCUT2D eigenvalue weighted by Crippen LogP contribution is 2.42. The maximum absolute atomic E-state index is 11.4. The monoisotopic (exact) mass is 492 g/mol. The molecule has 0 atom stereocenters. The molecule has 0 bridgehead atoms. The fourth-order valence-corrected chi connectivity index (χ4v) is 3.72. The van der Waals surface area contributed by atoms with Crippen LogP contribution in [0.2, 0.25) is 0 Å². The van der Waals surface area contributed by atoms with Gasteiger partial charge in [-0.15, -0.1) is 0 Å². The molecule has 16 nitrogen and oxygen atoms in total. The van der Waals surface area contributed by atoms with Gasteiger partial charge in [-0.05, 0) is 12.1 Å². The SMILES string of the molecule is O=[N+]([O-])c1ccc(C2OCC3(CO2)COC(c2ccc([N+](=O)[O-])cc2[N+](=O)[O-])OC3)c([N+](=O)[O-])c1. The molecule has 2 aromatic carbocycles. The zero-order valence-electron chi connectivity index (χ0n) is 17.6. The number of hydrogen-bond donors (Lipinski definition) is 0. The standard InChI is InChI=1S/C19H16N4O12/c24-20(25)11-1-3-13(15(5-11)22(28)29)17-32-7-19(8-33-17)9-34-18(35-10-19)14-4-2-12(21(26)27)6-16(14)23(30)31/h1-6,17-18H,7-10H2. The molecule has 0 amide bonds. The van der Waals surface area contributed by atoms with Crippen LogP contribution in [-0.2, 0) is 18.9 Å². The van der Waals surface area contributed by atoms with Crippen molar-refractivity contribution in [3.63, 3.8) is 0 Å². The van der Waals surface area contributed by atoms with Crippen LogP contribution >= 0.6 is 0 Å². The molecule has 2 aromatic rings. The molecule has 0 unspecified atom stereocenters. The van der Waals surface area contributed by atoms with Gasteiger partial charge in [-0.1, -0.05) is 0 Å². The zero-order valence-corrected chi connectivity index (χ0v) is 17.6. The van der Waals surface area contributed by atoms with Crippen molar-refractivity contribution < 1.29 is 38.6 Å². The first-order chi connectivity index (χ1) is 16.6. The maximum atomic E-state index is 11.4. The van der Waals surface area contributed by atoms with E-state index in [1.807, 2.05) is 0 Å². The molecule has 16 heteroatoms. The van der Waals surface area contributed by atoms with Crippen LogP contribution in [0, 0.1) is 45.9 Å². The Hall–Kier alpha value is -4.12. The number of ether oxygens (including phenoxy) is 4. The van der Waals surface area contributed by atoms with Crippen LogP contribution in [0.5, 0.6) is 0 Å². The second kappa shape index (κ2) is 9.26. The van der Waals surface area contributed by atoms with Crippen LogP contribution < -0.4 is 0 Å². The van der Waals surface area contributed by atoms with Gasteiger partial charge in [0.25, 0.3) is 22.7 Å². The summed E-state index contributed by atoms with van der Waals surface area (Å²) in [6.45, 7) is -0.0521. The molecule has 4 rings (SSSR count). The summed E-state index contributed by atoms with van der Waals surface area (Å²) in [4.78, 5) is 41.6. The van der Waals surface area contributed by atoms with E-state index < -0.39 is 60.4 Å². The minimum atomic E-state index is -1.16. The smallest absolute Gasteiger partial charge is 0.284 e. The Bertz CT molecular complexity index is 1110. The van der Waals surface area contributed by atoms with Crippen LogP contribution in [0.4, 0.5) is 22.7 Å². The molecule has 35 heavy (non-hydrogen) atoms. The summed E-state index contributed by atoms with van der Waals surface area (Å²) in [5.41, 5.74) is -2.76. The van der Waals surface area contributed by atoms with Crippen LogP contribution in [0.25, 0.3) is 0 Å². The third-order valence-corrected chi connectivity index (χ3v) is 5.51. The van der Waals surface area contributed by atoms with Gasteiger partial charge in [0.2, 0.25) is 0 Å². The van der Waals surface area contributed by atoms with Gasteiger partial charge in [0.1, 0.15) is 0 Å². The molecule has 0 aromatic heterocycles. The van der Waals surface area contributed by atoms with Crippen molar-refractivity contribution in [2.45, 2.75) is 12.6 Å². The van der Waals surface area contributed by atoms with Gasteiger partial charge in [-0.3, -0.25) is 40.5 Å². The number of rotatable bonds is 6. The van der Waals surface area contributed by atoms with E-state index in [1.54, 1.807) is 0 Å². The summed E-state index contributed by atoms with van der Waals surface area (Å²) in [6, 6.07) is 6.23. The van der Waals surface area contributed by atoms with E-state index >= 15 is 0 Å². The number of nitro groups is 4. The van der Waals surface area contributed by atoms with Gasteiger partial charge in [-0.2, -0.15) is 0 Å². The normalized spacial score (nSPS) is 24.1. The lowest BCUT2D eigenvalue weighted by Gasteiger charge is -2.43. The third-order valence-electron chi connectivity index (χ3n) is 5.51. The van der Waals surface area contributed by atoms with E-state index in [4.69, 9.17) is 18.9 Å². The molecule has 2 aliphatic rings. The Labute approximate surface area is 194 Å². The predicted molar refractivity (Wildman–Crippen MR) is 111 cm³/mol. The van der Waals surface area contributed by atoms with E-state index in [0.717, 1.165) is 24.3 Å². The Morgan fingerprint density at radius 1 is 0.600 bits per heavy atom. The first kappa shape index (κ1) is 24.0. The molecule has 2 saturated heterocycles. The van der Waals surface area contributed by atoms with Crippen molar-refractivity contribution in [3.05, 3.63) is 88.0 Å². The van der Waals surface area contributed by atoms with Gasteiger partial charge in [0, 0.05) is 12.1 Å². The van der Waals surface area contributed by atoms with E-state index in [0.29, 0.717) is 0 Å². The van der Waals surface area contributed by atoms with Crippen molar-refractivity contribution in [3.8, 4) is 0 Å². The molecule has 0 radical (unpaired) electrons. The first-order valence-corrected chi connectivity index (χ1v) is 9.92. The summed E-state index contributed by atoms with van der Waals surface area (Å²) in [5.74, 6) is 0. The topological polar surface area (TPSA) is 209 Å². The Morgan fingerprint density at radius 3 is 1.23 bits per heavy atom. The maximum Gasteiger partial charge on any atom is 0.284 e. The number of hydrogen-bond acceptors (Lipinski definition) is 12. The Kier molecular flexibility index (Phi) is 6.35. The highest BCUT2D eigenvalue weighted by molar-refractivity contribution is 5.50. The highest BCUT2D eigenvalue weighted by atomic mass is 16.7. The first-order valence-electron chi connectivity index (χ1n) is 9.92. The van der Waals surface area contributed by atoms with E-state index in [9.17, 15) is 40.5 Å². The fraction of sp³-hybridized carbons (Fsp3) is 0.368. The van der Waals surface area contributed by atoms with Gasteiger partial charge < -0.3 is 18.9 Å². The molecule has 1 spiro atoms. The van der Waals surface area contributed by atoms with E-state index in [-0.39, 0.29) is 37.6 Å². The minimum Gasteiger partial charge on any atom is -0.347 e. The molecule has 0 aliphatic carbocycles. The summed E-state index contributed by atoms with van der Waals surface area (Å²) in [6.07, 6.45) is -2.31. The molecule has 0 saturated carbocycles. The molecule has 2 fully saturated rings. The summed E-state index contributed by atoms with van der Waals surface area (Å²) < 4.78 is 22.6. The summed E-state index contributed by atoms with van der Waals surface area (Å²) in [5, 5.41) is 44.6. The van der Waals surface area contributed by atoms with Crippen molar-refractivity contribution in [1.82, 2.24) is 0 Å². The molecular weight excluding hydrogens is 476 g/mol. The third kappa shape index (κ3) is 4.76. The van der Waals surface area contributed by atoms with E-state index in [2.05, 4.69) is 0 Å². The van der Waals surface area contributed by atoms with E-state index in [1.165, 1.54) is 12.1 Å². The predicted octanol–water partition coefficient (Wildman–Crippen LogP) is 3.10. The quantitative estimate of drug-likeness (QED) is 0.420. The number of non-ortho nitro benzene ring substituents is 2. The lowest BCUT2D eigenvalue weighted by atomic mass is 9.90. The van der Waals surface area contributed by atoms with Gasteiger partial charge >= 0.3 is 0 Å². The molecule has 2 aliphatic heterocycles. The molecule has 2 heterocycles. The Morgan fingerprint density at radius 2 is 0.943 bits per heavy atom. The zero-order chi connectivity index (χ0) is 25.3. The number of benzene rings is 2. The number of nitrogens with zero attached hydrogens (tertiary/aromatic N) is 4. The van der Waals surface area contributed by atoms with Crippen molar-refractivity contribution in [2.24, 2.45) is 5.41 Å². The molecular formula is C19H16N4O12. The second-order valence-electron chi connectivity index (χ2n) is 7.92. The average Bonchev–Trinajstić information content (AvgIpc) is 2.84. The van der Waals surface area contributed by atoms with Gasteiger partial charge in [-0.25, -0.2) is 0 Å². The number of nitro benzene ring substituents is 4. The summed E-state index contributed by atoms with van der Waals surface area (Å²) in [7, 11) is 0. The van der Waals surface area contributed by atoms with Gasteiger partial charge in [0.15, 0.2) is 12.6 Å². The largest absolute Gasteiger partial charge is 0.347 e. The van der Waals surface area contributed by atoms with Crippen molar-refractivity contribution >= 4 is 22.7 Å². The Balaban J connectivity index is 1.45. The average molecular weight is 492 g/mol. The molecule has 0 N–H and O–H groups in total. The highest BCUT2D eigenvalue weighted by Gasteiger charge is 2.44. The fourth-order valence-electron chi connectivity index (χ4n) is 3.72.